The Labute approximate surface area is 595 Å². The first-order valence-corrected chi connectivity index (χ1v) is 36.3. The van der Waals surface area contributed by atoms with E-state index < -0.39 is 12.2 Å². The molecule has 14 heteroatoms. The highest BCUT2D eigenvalue weighted by molar-refractivity contribution is 5.99. The number of rotatable bonds is 15. The van der Waals surface area contributed by atoms with Crippen LogP contribution in [0.15, 0.2) is 201 Å². The second-order valence-corrected chi connectivity index (χ2v) is 28.8. The summed E-state index contributed by atoms with van der Waals surface area (Å²) in [5.74, 6) is 0. The predicted molar refractivity (Wildman–Crippen MR) is 413 cm³/mol. The number of epoxide rings is 1. The minimum Gasteiger partial charge on any atom is -0.390 e. The average molecular weight is 1340 g/mol. The number of aromatic nitrogens is 3. The summed E-state index contributed by atoms with van der Waals surface area (Å²) >= 11 is 0. The Morgan fingerprint density at radius 3 is 1.17 bits per heavy atom. The molecule has 3 aliphatic carbocycles. The van der Waals surface area contributed by atoms with Gasteiger partial charge in [-0.25, -0.2) is 14.5 Å². The van der Waals surface area contributed by atoms with Crippen LogP contribution in [0.2, 0.25) is 0 Å². The molecular formula is C88H83N11O3. The van der Waals surface area contributed by atoms with Gasteiger partial charge in [-0.1, -0.05) is 146 Å². The van der Waals surface area contributed by atoms with Crippen LogP contribution < -0.4 is 11.1 Å². The lowest BCUT2D eigenvalue weighted by Gasteiger charge is -2.32. The van der Waals surface area contributed by atoms with Gasteiger partial charge in [0, 0.05) is 135 Å². The molecule has 9 aromatic carbocycles. The molecule has 0 radical (unpaired) electrons. The van der Waals surface area contributed by atoms with Gasteiger partial charge in [-0.15, -0.1) is 0 Å². The molecule has 0 spiro atoms. The summed E-state index contributed by atoms with van der Waals surface area (Å²) in [4.78, 5) is 18.8. The van der Waals surface area contributed by atoms with Gasteiger partial charge in [-0.2, -0.15) is 0 Å². The van der Waals surface area contributed by atoms with E-state index in [2.05, 4.69) is 206 Å². The standard InChI is InChI=1S/C30H30N4O.C29H28N4O.C29H25N3O/c1-31-17-24(35)18-34-19-27(26-16-23(32-2)9-10-28(26)34)20-11-13-33(14-12-20)29-15-22-7-3-5-21-6-4-8-25(29)30(21)22;1-31-22-8-9-27-25(15-22)26(18-33(27)17-23(34)16-30)19-10-12-32(13-11-19)28-14-21-6-2-4-20-5-3-7-24(28)29(20)21;1-30-22-8-9-27-25(15-22)26(17-32(27)16-23-18-33-23)19-10-12-31(13-11-19)28-14-21-6-2-4-20-5-3-7-24(28)29(20)21/h3-11,16,19,24,29,31,35H,12-15,17-18H2,1H3;2-10,15,18,23,28,34H,11-14,16-17,30H2;2-10,15,17,23,28H,11-14,16,18H2/t24-,29?;23-,28?;/m11./s1. The summed E-state index contributed by atoms with van der Waals surface area (Å²) in [6.07, 6.45) is 19.2. The molecule has 1 fully saturated rings. The van der Waals surface area contributed by atoms with Crippen molar-refractivity contribution in [2.45, 2.75) is 94.6 Å². The summed E-state index contributed by atoms with van der Waals surface area (Å²) in [5, 5.41) is 35.4. The maximum Gasteiger partial charge on any atom is 0.188 e. The van der Waals surface area contributed by atoms with E-state index in [9.17, 15) is 10.2 Å². The van der Waals surface area contributed by atoms with Crippen molar-refractivity contribution in [3.8, 4) is 0 Å². The quantitative estimate of drug-likeness (QED) is 0.0590. The number of hydrogen-bond donors (Lipinski definition) is 4. The third-order valence-electron chi connectivity index (χ3n) is 22.8. The first-order valence-electron chi connectivity index (χ1n) is 36.3. The van der Waals surface area contributed by atoms with Crippen LogP contribution in [-0.4, -0.2) is 123 Å². The molecule has 14 nitrogen and oxygen atoms in total. The van der Waals surface area contributed by atoms with Gasteiger partial charge in [-0.05, 0) is 181 Å². The Morgan fingerprint density at radius 2 is 0.833 bits per heavy atom. The number of aliphatic hydroxyl groups excluding tert-OH is 2. The number of likely N-dealkylation sites (N-methyl/N-ethyl adjacent to an activating group) is 1. The third-order valence-corrected chi connectivity index (χ3v) is 22.8. The van der Waals surface area contributed by atoms with Gasteiger partial charge in [0.15, 0.2) is 17.1 Å². The smallest absolute Gasteiger partial charge is 0.188 e. The maximum atomic E-state index is 10.4. The summed E-state index contributed by atoms with van der Waals surface area (Å²) < 4.78 is 12.0. The minimum absolute atomic E-state index is 0.226. The fourth-order valence-electron chi connectivity index (χ4n) is 17.8. The lowest BCUT2D eigenvalue weighted by molar-refractivity contribution is 0.155. The van der Waals surface area contributed by atoms with Crippen molar-refractivity contribution in [2.75, 3.05) is 66.0 Å². The highest BCUT2D eigenvalue weighted by Crippen LogP contribution is 2.47. The predicted octanol–water partition coefficient (Wildman–Crippen LogP) is 16.5. The lowest BCUT2D eigenvalue weighted by Crippen LogP contribution is -2.32. The van der Waals surface area contributed by atoms with Crippen LogP contribution in [0.1, 0.15) is 87.5 Å². The van der Waals surface area contributed by atoms with E-state index in [1.54, 1.807) is 0 Å². The topological polar surface area (TPSA) is 129 Å². The zero-order chi connectivity index (χ0) is 69.1. The molecule has 12 aromatic rings. The molecule has 1 saturated heterocycles. The minimum atomic E-state index is -0.591. The number of nitrogens with two attached hydrogens (primary N) is 1. The summed E-state index contributed by atoms with van der Waals surface area (Å²) in [7, 11) is 1.85. The van der Waals surface area contributed by atoms with E-state index >= 15 is 0 Å². The second-order valence-electron chi connectivity index (χ2n) is 28.8. The van der Waals surface area contributed by atoms with Gasteiger partial charge in [-0.3, -0.25) is 14.7 Å². The Morgan fingerprint density at radius 1 is 0.480 bits per heavy atom. The molecular weight excluding hydrogens is 1260 g/mol. The van der Waals surface area contributed by atoms with Crippen molar-refractivity contribution in [3.05, 3.63) is 285 Å². The molecule has 0 amide bonds. The number of fused-ring (bicyclic) bond motifs is 3. The van der Waals surface area contributed by atoms with E-state index in [0.29, 0.717) is 60.9 Å². The van der Waals surface area contributed by atoms with Crippen molar-refractivity contribution in [1.29, 1.82) is 0 Å². The Hall–Kier alpha value is -10.3. The number of nitrogens with zero attached hydrogens (tertiary/aromatic N) is 9. The van der Waals surface area contributed by atoms with E-state index in [4.69, 9.17) is 30.2 Å². The zero-order valence-electron chi connectivity index (χ0n) is 57.6. The maximum absolute atomic E-state index is 10.4. The van der Waals surface area contributed by atoms with Crippen LogP contribution in [0, 0.1) is 19.7 Å². The van der Waals surface area contributed by atoms with Crippen molar-refractivity contribution >= 4 is 98.8 Å². The highest BCUT2D eigenvalue weighted by Gasteiger charge is 2.35. The fraction of sp³-hybridized carbons (Fsp3) is 0.284. The molecule has 102 heavy (non-hydrogen) atoms. The summed E-state index contributed by atoms with van der Waals surface area (Å²) in [5.41, 5.74) is 27.5. The highest BCUT2D eigenvalue weighted by atomic mass is 16.6. The molecule has 7 aliphatic rings. The first kappa shape index (κ1) is 65.1. The monoisotopic (exact) mass is 1340 g/mol. The average Bonchev–Trinajstić information content (AvgIpc) is 1.62. The normalized spacial score (nSPS) is 19.8. The van der Waals surface area contributed by atoms with Gasteiger partial charge in [0.05, 0.1) is 51.2 Å². The molecule has 7 heterocycles. The van der Waals surface area contributed by atoms with Crippen LogP contribution in [-0.2, 0) is 43.6 Å². The molecule has 4 aliphatic heterocycles. The van der Waals surface area contributed by atoms with Crippen LogP contribution in [0.4, 0.5) is 17.1 Å². The summed E-state index contributed by atoms with van der Waals surface area (Å²) in [6, 6.07) is 59.4. The van der Waals surface area contributed by atoms with E-state index in [1.165, 1.54) is 110 Å². The molecule has 4 unspecified atom stereocenters. The van der Waals surface area contributed by atoms with Crippen LogP contribution in [0.5, 0.6) is 0 Å². The molecule has 19 rings (SSSR count). The van der Waals surface area contributed by atoms with E-state index in [-0.39, 0.29) is 6.54 Å². The summed E-state index contributed by atoms with van der Waals surface area (Å²) in [6.45, 7) is 31.7. The van der Waals surface area contributed by atoms with Gasteiger partial charge < -0.3 is 39.7 Å². The van der Waals surface area contributed by atoms with Gasteiger partial charge in [0.2, 0.25) is 0 Å². The van der Waals surface area contributed by atoms with Gasteiger partial charge >= 0.3 is 0 Å². The second kappa shape index (κ2) is 27.6. The van der Waals surface area contributed by atoms with Crippen molar-refractivity contribution < 1.29 is 14.9 Å². The Kier molecular flexibility index (Phi) is 17.6. The van der Waals surface area contributed by atoms with E-state index in [1.807, 2.05) is 49.5 Å². The SMILES string of the molecule is [C-]#[N+]c1ccc2c(c1)c(C1=CCN(C3Cc4cccc5cccc3c45)CC1)cn2CC1CO1.[C-]#[N+]c1ccc2c(c1)c(C1=CCN(C3Cc4cccc5cccc3c45)CC1)cn2C[C@H](O)CN.[C-]#[N+]c1ccc2c(c1)c(C1=CCN(C3Cc4cccc5cccc3c45)CC1)cn2C[C@H](O)CNC. The van der Waals surface area contributed by atoms with Crippen molar-refractivity contribution in [1.82, 2.24) is 33.7 Å². The molecule has 6 atom stereocenters. The first-order chi connectivity index (χ1) is 50.1. The van der Waals surface area contributed by atoms with Crippen LogP contribution in [0.25, 0.3) is 96.3 Å². The fourth-order valence-corrected chi connectivity index (χ4v) is 17.8. The Bertz CT molecular complexity index is 5510. The number of nitrogens with one attached hydrogen (secondary N) is 1. The Balaban J connectivity index is 0.000000114. The molecule has 0 saturated carbocycles. The van der Waals surface area contributed by atoms with Crippen molar-refractivity contribution in [2.24, 2.45) is 5.73 Å². The number of hydrogen-bond acceptors (Lipinski definition) is 8. The molecule has 3 aromatic heterocycles. The lowest BCUT2D eigenvalue weighted by atomic mass is 9.96. The molecule has 508 valence electrons. The number of aliphatic hydroxyl groups is 2. The zero-order valence-corrected chi connectivity index (χ0v) is 57.6. The van der Waals surface area contributed by atoms with Crippen LogP contribution in [0.3, 0.4) is 0 Å². The van der Waals surface area contributed by atoms with Crippen LogP contribution >= 0.6 is 0 Å². The molecule has 5 N–H and O–H groups in total. The third kappa shape index (κ3) is 12.2. The largest absolute Gasteiger partial charge is 0.390 e. The van der Waals surface area contributed by atoms with Crippen molar-refractivity contribution in [3.63, 3.8) is 0 Å². The van der Waals surface area contributed by atoms with Gasteiger partial charge in [0.1, 0.15) is 0 Å². The van der Waals surface area contributed by atoms with Gasteiger partial charge in [0.25, 0.3) is 0 Å². The number of benzene rings is 9. The van der Waals surface area contributed by atoms with E-state index in [0.717, 1.165) is 113 Å². The molecule has 0 bridgehead atoms. The number of ether oxygens (including phenoxy) is 1.